The minimum Gasteiger partial charge on any atom is -0.495 e. The first-order valence-corrected chi connectivity index (χ1v) is 8.92. The fourth-order valence-electron chi connectivity index (χ4n) is 3.07. The van der Waals surface area contributed by atoms with E-state index >= 15 is 0 Å². The van der Waals surface area contributed by atoms with Gasteiger partial charge in [-0.05, 0) is 53.4 Å². The highest BCUT2D eigenvalue weighted by Gasteiger charge is 2.14. The van der Waals surface area contributed by atoms with Crippen molar-refractivity contribution in [3.8, 4) is 28.4 Å². The average molecular weight is 376 g/mol. The third-order valence-corrected chi connectivity index (χ3v) is 4.74. The van der Waals surface area contributed by atoms with Gasteiger partial charge in [-0.15, -0.1) is 0 Å². The Bertz CT molecular complexity index is 1110. The fourth-order valence-corrected chi connectivity index (χ4v) is 3.33. The molecule has 0 atom stereocenters. The van der Waals surface area contributed by atoms with Crippen LogP contribution < -0.4 is 15.2 Å². The Balaban J connectivity index is 1.89. The van der Waals surface area contributed by atoms with Gasteiger partial charge >= 0.3 is 0 Å². The van der Waals surface area contributed by atoms with Crippen LogP contribution in [0.5, 0.6) is 17.2 Å². The van der Waals surface area contributed by atoms with Gasteiger partial charge in [0, 0.05) is 16.6 Å². The Kier molecular flexibility index (Phi) is 4.61. The molecular weight excluding hydrogens is 358 g/mol. The maximum atomic E-state index is 6.35. The Hall–Kier alpha value is -3.17. The van der Waals surface area contributed by atoms with Gasteiger partial charge < -0.3 is 15.2 Å². The smallest absolute Gasteiger partial charge is 0.143 e. The number of nitrogens with two attached hydrogens (primary N) is 1. The normalized spacial score (nSPS) is 10.7. The molecule has 0 heterocycles. The van der Waals surface area contributed by atoms with E-state index in [-0.39, 0.29) is 0 Å². The summed E-state index contributed by atoms with van der Waals surface area (Å²) in [6.07, 6.45) is 0. The van der Waals surface area contributed by atoms with Gasteiger partial charge in [0.1, 0.15) is 17.2 Å². The van der Waals surface area contributed by atoms with Crippen molar-refractivity contribution in [1.82, 2.24) is 0 Å². The number of nitrogen functional groups attached to an aromatic ring is 1. The van der Waals surface area contributed by atoms with Crippen LogP contribution >= 0.6 is 11.6 Å². The quantitative estimate of drug-likeness (QED) is 0.411. The van der Waals surface area contributed by atoms with Crippen molar-refractivity contribution >= 4 is 28.1 Å². The third kappa shape index (κ3) is 3.42. The molecule has 0 saturated heterocycles. The van der Waals surface area contributed by atoms with Gasteiger partial charge in [-0.25, -0.2) is 0 Å². The zero-order valence-electron chi connectivity index (χ0n) is 14.8. The monoisotopic (exact) mass is 375 g/mol. The second-order valence-electron chi connectivity index (χ2n) is 6.18. The molecule has 0 aliphatic rings. The molecule has 4 heteroatoms. The molecule has 4 aromatic rings. The Morgan fingerprint density at radius 1 is 0.852 bits per heavy atom. The van der Waals surface area contributed by atoms with Crippen molar-refractivity contribution in [1.29, 1.82) is 0 Å². The molecule has 0 amide bonds. The van der Waals surface area contributed by atoms with Crippen LogP contribution in [-0.2, 0) is 0 Å². The summed E-state index contributed by atoms with van der Waals surface area (Å²) in [6, 6.07) is 25.4. The van der Waals surface area contributed by atoms with E-state index in [0.29, 0.717) is 16.5 Å². The first kappa shape index (κ1) is 17.3. The summed E-state index contributed by atoms with van der Waals surface area (Å²) < 4.78 is 11.6. The standard InChI is InChI=1S/C23H18ClNO2/c1-26-22-13-7-16(14-21(22)24)20-12-6-15-4-2-3-5-19(15)23(20)27-18-10-8-17(25)9-11-18/h2-14H,25H2,1H3. The zero-order valence-corrected chi connectivity index (χ0v) is 15.5. The van der Waals surface area contributed by atoms with E-state index in [2.05, 4.69) is 18.2 Å². The lowest BCUT2D eigenvalue weighted by atomic mass is 9.99. The van der Waals surface area contributed by atoms with Gasteiger partial charge in [0.05, 0.1) is 12.1 Å². The molecule has 0 aliphatic carbocycles. The molecule has 27 heavy (non-hydrogen) atoms. The fraction of sp³-hybridized carbons (Fsp3) is 0.0435. The van der Waals surface area contributed by atoms with Crippen molar-refractivity contribution < 1.29 is 9.47 Å². The van der Waals surface area contributed by atoms with Crippen molar-refractivity contribution in [3.05, 3.63) is 83.9 Å². The Morgan fingerprint density at radius 2 is 1.63 bits per heavy atom. The molecule has 0 aromatic heterocycles. The van der Waals surface area contributed by atoms with Crippen LogP contribution in [0.25, 0.3) is 21.9 Å². The molecule has 0 fully saturated rings. The van der Waals surface area contributed by atoms with E-state index in [1.54, 1.807) is 7.11 Å². The number of hydrogen-bond donors (Lipinski definition) is 1. The number of halogens is 1. The topological polar surface area (TPSA) is 44.5 Å². The third-order valence-electron chi connectivity index (χ3n) is 4.44. The van der Waals surface area contributed by atoms with Gasteiger partial charge in [0.25, 0.3) is 0 Å². The van der Waals surface area contributed by atoms with E-state index in [1.807, 2.05) is 60.7 Å². The predicted octanol–water partition coefficient (Wildman–Crippen LogP) is 6.54. The first-order valence-electron chi connectivity index (χ1n) is 8.55. The zero-order chi connectivity index (χ0) is 18.8. The highest BCUT2D eigenvalue weighted by Crippen LogP contribution is 2.41. The summed E-state index contributed by atoms with van der Waals surface area (Å²) in [5, 5.41) is 2.69. The number of benzene rings is 4. The van der Waals surface area contributed by atoms with Gasteiger partial charge in [-0.3, -0.25) is 0 Å². The molecule has 3 nitrogen and oxygen atoms in total. The van der Waals surface area contributed by atoms with E-state index in [0.717, 1.165) is 33.4 Å². The largest absolute Gasteiger partial charge is 0.495 e. The second-order valence-corrected chi connectivity index (χ2v) is 6.59. The predicted molar refractivity (Wildman–Crippen MR) is 112 cm³/mol. The molecule has 0 bridgehead atoms. The van der Waals surface area contributed by atoms with Crippen LogP contribution in [0.15, 0.2) is 78.9 Å². The first-order chi connectivity index (χ1) is 13.2. The van der Waals surface area contributed by atoms with Crippen LogP contribution in [0.4, 0.5) is 5.69 Å². The molecular formula is C23H18ClNO2. The van der Waals surface area contributed by atoms with Crippen molar-refractivity contribution in [3.63, 3.8) is 0 Å². The molecule has 0 saturated carbocycles. The van der Waals surface area contributed by atoms with Crippen molar-refractivity contribution in [2.75, 3.05) is 12.8 Å². The van der Waals surface area contributed by atoms with Crippen LogP contribution in [0.3, 0.4) is 0 Å². The van der Waals surface area contributed by atoms with E-state index in [4.69, 9.17) is 26.8 Å². The molecule has 4 aromatic carbocycles. The van der Waals surface area contributed by atoms with Crippen molar-refractivity contribution in [2.45, 2.75) is 0 Å². The molecule has 0 spiro atoms. The maximum absolute atomic E-state index is 6.35. The Labute approximate surface area is 162 Å². The van der Waals surface area contributed by atoms with Gasteiger partial charge in [0.2, 0.25) is 0 Å². The van der Waals surface area contributed by atoms with E-state index in [1.165, 1.54) is 0 Å². The molecule has 134 valence electrons. The highest BCUT2D eigenvalue weighted by molar-refractivity contribution is 6.32. The number of anilines is 1. The van der Waals surface area contributed by atoms with Gasteiger partial charge in [-0.2, -0.15) is 0 Å². The molecule has 2 N–H and O–H groups in total. The van der Waals surface area contributed by atoms with Gasteiger partial charge in [0.15, 0.2) is 0 Å². The lowest BCUT2D eigenvalue weighted by Crippen LogP contribution is -1.92. The highest BCUT2D eigenvalue weighted by atomic mass is 35.5. The Morgan fingerprint density at radius 3 is 2.37 bits per heavy atom. The minimum atomic E-state index is 0.557. The maximum Gasteiger partial charge on any atom is 0.143 e. The molecule has 0 unspecified atom stereocenters. The summed E-state index contributed by atoms with van der Waals surface area (Å²) in [4.78, 5) is 0. The average Bonchev–Trinajstić information content (AvgIpc) is 2.70. The number of hydrogen-bond acceptors (Lipinski definition) is 3. The van der Waals surface area contributed by atoms with Gasteiger partial charge in [-0.1, -0.05) is 48.0 Å². The SMILES string of the molecule is COc1ccc(-c2ccc3ccccc3c2Oc2ccc(N)cc2)cc1Cl. The van der Waals surface area contributed by atoms with Crippen LogP contribution in [0, 0.1) is 0 Å². The number of rotatable bonds is 4. The number of fused-ring (bicyclic) bond motifs is 1. The molecule has 4 rings (SSSR count). The second kappa shape index (κ2) is 7.22. The van der Waals surface area contributed by atoms with Crippen LogP contribution in [0.2, 0.25) is 5.02 Å². The lowest BCUT2D eigenvalue weighted by Gasteiger charge is -2.15. The van der Waals surface area contributed by atoms with Crippen molar-refractivity contribution in [2.24, 2.45) is 0 Å². The number of ether oxygens (including phenoxy) is 2. The van der Waals surface area contributed by atoms with E-state index < -0.39 is 0 Å². The number of methoxy groups -OCH3 is 1. The molecule has 0 aliphatic heterocycles. The molecule has 0 radical (unpaired) electrons. The summed E-state index contributed by atoms with van der Waals surface area (Å²) in [6.45, 7) is 0. The van der Waals surface area contributed by atoms with Crippen LogP contribution in [-0.4, -0.2) is 7.11 Å². The lowest BCUT2D eigenvalue weighted by molar-refractivity contribution is 0.415. The van der Waals surface area contributed by atoms with E-state index in [9.17, 15) is 0 Å². The van der Waals surface area contributed by atoms with Crippen LogP contribution in [0.1, 0.15) is 0 Å². The summed E-state index contributed by atoms with van der Waals surface area (Å²) in [5.74, 6) is 2.14. The minimum absolute atomic E-state index is 0.557. The summed E-state index contributed by atoms with van der Waals surface area (Å²) in [5.41, 5.74) is 8.40. The summed E-state index contributed by atoms with van der Waals surface area (Å²) in [7, 11) is 1.60. The summed E-state index contributed by atoms with van der Waals surface area (Å²) >= 11 is 6.35.